The molecule has 0 fully saturated rings. The number of carboxylic acids is 1. The molecule has 3 atom stereocenters. The zero-order valence-corrected chi connectivity index (χ0v) is 22.6. The highest BCUT2D eigenvalue weighted by Gasteiger charge is 2.23. The molecule has 0 spiro atoms. The van der Waals surface area contributed by atoms with Crippen LogP contribution in [0.15, 0.2) is 30.3 Å². The monoisotopic (exact) mass is 552 g/mol. The van der Waals surface area contributed by atoms with Crippen LogP contribution in [0.25, 0.3) is 17.3 Å². The molecule has 4 N–H and O–H groups in total. The fourth-order valence-corrected chi connectivity index (χ4v) is 3.80. The number of carbonyl (C=O) groups excluding carboxylic acids is 1. The predicted molar refractivity (Wildman–Crippen MR) is 140 cm³/mol. The van der Waals surface area contributed by atoms with Gasteiger partial charge in [-0.1, -0.05) is 26.0 Å². The number of aliphatic carboxylic acids is 1. The molecule has 0 saturated heterocycles. The Labute approximate surface area is 221 Å². The average molecular weight is 553 g/mol. The Kier molecular flexibility index (Phi) is 10.5. The van der Waals surface area contributed by atoms with Crippen LogP contribution in [0.1, 0.15) is 50.8 Å². The molecule has 0 saturated carbocycles. The highest BCUT2D eigenvalue weighted by Crippen LogP contribution is 2.31. The van der Waals surface area contributed by atoms with Crippen LogP contribution < -0.4 is 9.62 Å². The zero-order chi connectivity index (χ0) is 28.8. The fraction of sp³-hybridized carbons (Fsp3) is 0.440. The summed E-state index contributed by atoms with van der Waals surface area (Å²) < 4.78 is 38.8. The molecule has 0 radical (unpaired) electrons. The number of aliphatic hydroxyl groups is 2. The van der Waals surface area contributed by atoms with Crippen molar-refractivity contribution >= 4 is 33.9 Å². The van der Waals surface area contributed by atoms with Crippen LogP contribution in [0, 0.1) is 5.82 Å². The van der Waals surface area contributed by atoms with Gasteiger partial charge in [0.25, 0.3) is 0 Å². The van der Waals surface area contributed by atoms with E-state index >= 15 is 0 Å². The number of nitrogens with zero attached hydrogens (tertiary/aromatic N) is 3. The normalized spacial score (nSPS) is 14.3. The van der Waals surface area contributed by atoms with Crippen LogP contribution in [-0.2, 0) is 19.6 Å². The lowest BCUT2D eigenvalue weighted by molar-refractivity contribution is -0.141. The van der Waals surface area contributed by atoms with Crippen molar-refractivity contribution in [1.82, 2.24) is 15.3 Å². The van der Waals surface area contributed by atoms with Crippen molar-refractivity contribution in [3.05, 3.63) is 47.4 Å². The van der Waals surface area contributed by atoms with E-state index in [9.17, 15) is 32.6 Å². The smallest absolute Gasteiger partial charge is 0.325 e. The van der Waals surface area contributed by atoms with Crippen molar-refractivity contribution in [2.75, 3.05) is 17.6 Å². The molecule has 38 heavy (non-hydrogen) atoms. The van der Waals surface area contributed by atoms with E-state index in [1.54, 1.807) is 0 Å². The van der Waals surface area contributed by atoms with Gasteiger partial charge in [-0.15, -0.1) is 0 Å². The minimum atomic E-state index is -3.68. The SMILES string of the molecule is CC(C)c1nc(N(C)S(C)(=O)=O)nc(-c2ccc(F)cc2)c1C=C[C@H](O)C[C@@H](O)CC(=O)N[C@@H](C)C(=O)O. The van der Waals surface area contributed by atoms with E-state index in [2.05, 4.69) is 15.3 Å². The molecule has 0 unspecified atom stereocenters. The summed E-state index contributed by atoms with van der Waals surface area (Å²) in [5.74, 6) is -2.65. The maximum Gasteiger partial charge on any atom is 0.325 e. The quantitative estimate of drug-likeness (QED) is 0.307. The Morgan fingerprint density at radius 2 is 1.74 bits per heavy atom. The van der Waals surface area contributed by atoms with Gasteiger partial charge < -0.3 is 20.6 Å². The lowest BCUT2D eigenvalue weighted by Crippen LogP contribution is -2.39. The minimum absolute atomic E-state index is 0.0785. The summed E-state index contributed by atoms with van der Waals surface area (Å²) in [7, 11) is -2.36. The number of nitrogens with one attached hydrogen (secondary N) is 1. The molecule has 1 aromatic carbocycles. The van der Waals surface area contributed by atoms with Gasteiger partial charge in [0.1, 0.15) is 11.9 Å². The van der Waals surface area contributed by atoms with Crippen LogP contribution in [0.4, 0.5) is 10.3 Å². The van der Waals surface area contributed by atoms with Gasteiger partial charge in [0, 0.05) is 24.6 Å². The number of benzene rings is 1. The van der Waals surface area contributed by atoms with Crippen molar-refractivity contribution in [3.63, 3.8) is 0 Å². The molecule has 208 valence electrons. The van der Waals surface area contributed by atoms with Gasteiger partial charge >= 0.3 is 5.97 Å². The second-order valence-electron chi connectivity index (χ2n) is 9.21. The fourth-order valence-electron chi connectivity index (χ4n) is 3.42. The number of carbonyl (C=O) groups is 2. The summed E-state index contributed by atoms with van der Waals surface area (Å²) >= 11 is 0. The van der Waals surface area contributed by atoms with Gasteiger partial charge in [-0.25, -0.2) is 27.1 Å². The van der Waals surface area contributed by atoms with Crippen molar-refractivity contribution in [2.45, 2.75) is 57.8 Å². The van der Waals surface area contributed by atoms with Crippen molar-refractivity contribution < 1.29 is 37.7 Å². The number of aromatic nitrogens is 2. The third-order valence-corrected chi connectivity index (χ3v) is 6.73. The second kappa shape index (κ2) is 12.9. The van der Waals surface area contributed by atoms with Gasteiger partial charge in [-0.3, -0.25) is 9.59 Å². The second-order valence-corrected chi connectivity index (χ2v) is 11.2. The van der Waals surface area contributed by atoms with Crippen LogP contribution in [0.3, 0.4) is 0 Å². The molecule has 1 heterocycles. The molecule has 1 aromatic heterocycles. The van der Waals surface area contributed by atoms with Gasteiger partial charge in [0.2, 0.25) is 21.9 Å². The zero-order valence-electron chi connectivity index (χ0n) is 21.8. The first-order valence-electron chi connectivity index (χ1n) is 11.8. The highest BCUT2D eigenvalue weighted by atomic mass is 32.2. The summed E-state index contributed by atoms with van der Waals surface area (Å²) in [4.78, 5) is 31.6. The Bertz CT molecular complexity index is 1280. The van der Waals surface area contributed by atoms with Crippen LogP contribution in [0.5, 0.6) is 0 Å². The molecule has 0 aliphatic carbocycles. The number of aliphatic hydroxyl groups excluding tert-OH is 2. The highest BCUT2D eigenvalue weighted by molar-refractivity contribution is 7.92. The molecular formula is C25H33FN4O7S. The maximum absolute atomic E-state index is 13.6. The van der Waals surface area contributed by atoms with Gasteiger partial charge in [0.15, 0.2) is 0 Å². The van der Waals surface area contributed by atoms with E-state index in [4.69, 9.17) is 5.11 Å². The number of amides is 1. The molecule has 2 aromatic rings. The van der Waals surface area contributed by atoms with E-state index in [1.165, 1.54) is 50.4 Å². The average Bonchev–Trinajstić information content (AvgIpc) is 2.81. The third kappa shape index (κ3) is 8.57. The topological polar surface area (TPSA) is 170 Å². The first-order chi connectivity index (χ1) is 17.6. The minimum Gasteiger partial charge on any atom is -0.480 e. The van der Waals surface area contributed by atoms with E-state index in [0.717, 1.165) is 10.6 Å². The molecule has 2 rings (SSSR count). The Morgan fingerprint density at radius 3 is 2.26 bits per heavy atom. The molecular weight excluding hydrogens is 519 g/mol. The first kappa shape index (κ1) is 30.8. The summed E-state index contributed by atoms with van der Waals surface area (Å²) in [5.41, 5.74) is 1.71. The number of rotatable bonds is 12. The van der Waals surface area contributed by atoms with Gasteiger partial charge in [0.05, 0.1) is 36.3 Å². The van der Waals surface area contributed by atoms with Crippen LogP contribution in [-0.4, -0.2) is 77.1 Å². The van der Waals surface area contributed by atoms with Crippen LogP contribution in [0.2, 0.25) is 0 Å². The number of sulfonamides is 1. The summed E-state index contributed by atoms with van der Waals surface area (Å²) in [6.07, 6.45) is 0.843. The Hall–Kier alpha value is -3.42. The number of hydrogen-bond donors (Lipinski definition) is 4. The molecule has 0 aliphatic rings. The van der Waals surface area contributed by atoms with Crippen molar-refractivity contribution in [1.29, 1.82) is 0 Å². The van der Waals surface area contributed by atoms with Gasteiger partial charge in [-0.2, -0.15) is 0 Å². The summed E-state index contributed by atoms with van der Waals surface area (Å²) in [6.45, 7) is 4.97. The lowest BCUT2D eigenvalue weighted by atomic mass is 9.97. The Morgan fingerprint density at radius 1 is 1.13 bits per heavy atom. The molecule has 0 bridgehead atoms. The lowest BCUT2D eigenvalue weighted by Gasteiger charge is -2.20. The largest absolute Gasteiger partial charge is 0.480 e. The summed E-state index contributed by atoms with van der Waals surface area (Å²) in [6, 6.07) is 4.33. The van der Waals surface area contributed by atoms with E-state index in [0.29, 0.717) is 22.5 Å². The number of anilines is 1. The first-order valence-corrected chi connectivity index (χ1v) is 13.6. The summed E-state index contributed by atoms with van der Waals surface area (Å²) in [5, 5.41) is 31.8. The number of hydrogen-bond acceptors (Lipinski definition) is 8. The van der Waals surface area contributed by atoms with E-state index in [-0.39, 0.29) is 18.3 Å². The molecule has 0 aliphatic heterocycles. The maximum atomic E-state index is 13.6. The van der Waals surface area contributed by atoms with Crippen LogP contribution >= 0.6 is 0 Å². The van der Waals surface area contributed by atoms with E-state index < -0.39 is 52.4 Å². The molecule has 11 nitrogen and oxygen atoms in total. The standard InChI is InChI=1S/C25H33FN4O7S/c1-14(2)22-20(11-10-18(31)12-19(32)13-21(33)27-15(3)24(34)35)23(16-6-8-17(26)9-7-16)29-25(28-22)30(4)38(5,36)37/h6-11,14-15,18-19,31-32H,12-13H2,1-5H3,(H,27,33)(H,34,35)/t15-,18-,19+/m0/s1. The predicted octanol–water partition coefficient (Wildman–Crippen LogP) is 1.91. The van der Waals surface area contributed by atoms with E-state index in [1.807, 2.05) is 13.8 Å². The number of carboxylic acid groups (broad SMARTS) is 1. The third-order valence-electron chi connectivity index (χ3n) is 5.57. The Balaban J connectivity index is 2.41. The van der Waals surface area contributed by atoms with Crippen molar-refractivity contribution in [2.24, 2.45) is 0 Å². The number of halogens is 1. The molecule has 1 amide bonds. The molecule has 13 heteroatoms. The van der Waals surface area contributed by atoms with Gasteiger partial charge in [-0.05, 0) is 37.1 Å². The van der Waals surface area contributed by atoms with Crippen molar-refractivity contribution in [3.8, 4) is 11.3 Å².